The molecule has 0 aliphatic heterocycles. The van der Waals surface area contributed by atoms with Gasteiger partial charge in [0.1, 0.15) is 0 Å². The fourth-order valence-corrected chi connectivity index (χ4v) is 0.770. The molecule has 0 saturated carbocycles. The van der Waals surface area contributed by atoms with Crippen LogP contribution >= 0.6 is 0 Å². The van der Waals surface area contributed by atoms with Gasteiger partial charge in [-0.05, 0) is 0 Å². The SMILES string of the molecule is CNCC[CH2][Sn+3]. The summed E-state index contributed by atoms with van der Waals surface area (Å²) in [6.07, 6.45) is 1.34. The van der Waals surface area contributed by atoms with Crippen molar-refractivity contribution in [1.29, 1.82) is 0 Å². The van der Waals surface area contributed by atoms with Crippen molar-refractivity contribution in [3.8, 4) is 0 Å². The van der Waals surface area contributed by atoms with E-state index in [1.54, 1.807) is 22.5 Å². The fourth-order valence-electron chi connectivity index (χ4n) is 0.265. The molecule has 0 unspecified atom stereocenters. The van der Waals surface area contributed by atoms with Crippen LogP contribution in [0.25, 0.3) is 0 Å². The molecule has 0 aliphatic rings. The molecule has 0 bridgehead atoms. The predicted octanol–water partition coefficient (Wildman–Crippen LogP) is 0.183. The van der Waals surface area contributed by atoms with Crippen LogP contribution in [0.3, 0.4) is 0 Å². The van der Waals surface area contributed by atoms with Crippen LogP contribution in [-0.4, -0.2) is 36.1 Å². The Kier molecular flexibility index (Phi) is 6.49. The zero-order valence-corrected chi connectivity index (χ0v) is 6.98. The molecule has 0 aliphatic carbocycles. The molecular weight excluding hydrogens is 181 g/mol. The van der Waals surface area contributed by atoms with E-state index in [0.29, 0.717) is 0 Å². The number of hydrogen-bond acceptors (Lipinski definition) is 1. The Bertz CT molecular complexity index is 19.5. The molecule has 1 N–H and O–H groups in total. The van der Waals surface area contributed by atoms with Gasteiger partial charge in [0, 0.05) is 0 Å². The zero-order valence-electron chi connectivity index (χ0n) is 4.12. The Hall–Kier alpha value is 0.759. The van der Waals surface area contributed by atoms with Gasteiger partial charge in [-0.2, -0.15) is 0 Å². The first-order valence-corrected chi connectivity index (χ1v) is 4.23. The third-order valence-corrected chi connectivity index (χ3v) is 1.61. The van der Waals surface area contributed by atoms with E-state index in [0.717, 1.165) is 0 Å². The fraction of sp³-hybridized carbons (Fsp3) is 1.00. The van der Waals surface area contributed by atoms with Crippen LogP contribution in [0.15, 0.2) is 0 Å². The Morgan fingerprint density at radius 3 is 2.50 bits per heavy atom. The first kappa shape index (κ1) is 6.76. The summed E-state index contributed by atoms with van der Waals surface area (Å²) in [6, 6.07) is 0. The minimum absolute atomic E-state index is 1.19. The summed E-state index contributed by atoms with van der Waals surface area (Å²) in [5.74, 6) is 0. The normalized spacial score (nSPS) is 9.17. The van der Waals surface area contributed by atoms with Crippen LogP contribution in [0.2, 0.25) is 4.44 Å². The summed E-state index contributed by atoms with van der Waals surface area (Å²) >= 11 is 1.65. The van der Waals surface area contributed by atoms with Crippen molar-refractivity contribution in [1.82, 2.24) is 5.32 Å². The monoisotopic (exact) mass is 192 g/mol. The van der Waals surface area contributed by atoms with Gasteiger partial charge in [0.15, 0.2) is 0 Å². The van der Waals surface area contributed by atoms with Gasteiger partial charge < -0.3 is 0 Å². The van der Waals surface area contributed by atoms with Gasteiger partial charge in [0.2, 0.25) is 0 Å². The molecule has 0 fully saturated rings. The third-order valence-electron chi connectivity index (χ3n) is 0.604. The van der Waals surface area contributed by atoms with Gasteiger partial charge in [0.05, 0.1) is 0 Å². The molecule has 0 amide bonds. The molecule has 0 atom stereocenters. The Morgan fingerprint density at radius 1 is 1.67 bits per heavy atom. The molecule has 0 saturated heterocycles. The molecule has 0 aromatic heterocycles. The van der Waals surface area contributed by atoms with E-state index in [2.05, 4.69) is 5.32 Å². The molecule has 0 heterocycles. The van der Waals surface area contributed by atoms with Crippen LogP contribution < -0.4 is 5.32 Å². The van der Waals surface area contributed by atoms with Crippen LogP contribution in [0.4, 0.5) is 0 Å². The summed E-state index contributed by atoms with van der Waals surface area (Å²) in [6.45, 7) is 1.19. The van der Waals surface area contributed by atoms with E-state index < -0.39 is 0 Å². The Balaban J connectivity index is 2.34. The second-order valence-corrected chi connectivity index (χ2v) is 2.63. The summed E-state index contributed by atoms with van der Waals surface area (Å²) in [5.41, 5.74) is 0. The van der Waals surface area contributed by atoms with Gasteiger partial charge in [0.25, 0.3) is 0 Å². The van der Waals surface area contributed by atoms with Gasteiger partial charge in [-0.15, -0.1) is 0 Å². The van der Waals surface area contributed by atoms with E-state index in [1.807, 2.05) is 7.05 Å². The van der Waals surface area contributed by atoms with Crippen LogP contribution in [-0.2, 0) is 0 Å². The third kappa shape index (κ3) is 4.76. The van der Waals surface area contributed by atoms with E-state index in [9.17, 15) is 0 Å². The van der Waals surface area contributed by atoms with Crippen LogP contribution in [0.5, 0.6) is 0 Å². The van der Waals surface area contributed by atoms with E-state index >= 15 is 0 Å². The first-order chi connectivity index (χ1) is 2.91. The van der Waals surface area contributed by atoms with E-state index in [-0.39, 0.29) is 0 Å². The summed E-state index contributed by atoms with van der Waals surface area (Å²) < 4.78 is 1.38. The Labute approximate surface area is 52.6 Å². The van der Waals surface area contributed by atoms with Crippen LogP contribution in [0, 0.1) is 0 Å². The van der Waals surface area contributed by atoms with Crippen molar-refractivity contribution >= 4 is 22.5 Å². The molecular formula is C4H10NSn+3. The van der Waals surface area contributed by atoms with Crippen molar-refractivity contribution in [2.24, 2.45) is 0 Å². The van der Waals surface area contributed by atoms with Crippen molar-refractivity contribution in [2.75, 3.05) is 13.6 Å². The predicted molar refractivity (Wildman–Crippen MR) is 29.1 cm³/mol. The molecule has 1 nitrogen and oxygen atoms in total. The average Bonchev–Trinajstić information content (AvgIpc) is 1.61. The maximum atomic E-state index is 3.08. The van der Waals surface area contributed by atoms with E-state index in [1.165, 1.54) is 17.4 Å². The average molecular weight is 191 g/mol. The number of nitrogens with one attached hydrogen (secondary N) is 1. The number of rotatable bonds is 3. The second kappa shape index (κ2) is 5.76. The Morgan fingerprint density at radius 2 is 2.33 bits per heavy atom. The molecule has 6 heavy (non-hydrogen) atoms. The zero-order chi connectivity index (χ0) is 4.83. The van der Waals surface area contributed by atoms with Gasteiger partial charge in [-0.1, -0.05) is 0 Å². The van der Waals surface area contributed by atoms with Gasteiger partial charge >= 0.3 is 52.3 Å². The summed E-state index contributed by atoms with van der Waals surface area (Å²) in [4.78, 5) is 0. The second-order valence-electron chi connectivity index (χ2n) is 1.21. The standard InChI is InChI=1S/C4H10N.Sn/c1-3-4-5-2;/h5H,1,3-4H2,2H3;/q;+3. The molecule has 32 valence electrons. The molecule has 0 radical (unpaired) electrons. The van der Waals surface area contributed by atoms with E-state index in [4.69, 9.17) is 0 Å². The molecule has 0 aromatic carbocycles. The summed E-state index contributed by atoms with van der Waals surface area (Å²) in [7, 11) is 1.99. The number of hydrogen-bond donors (Lipinski definition) is 1. The minimum atomic E-state index is 1.19. The maximum absolute atomic E-state index is 3.08. The quantitative estimate of drug-likeness (QED) is 0.495. The molecule has 2 heteroatoms. The van der Waals surface area contributed by atoms with Gasteiger partial charge in [-0.3, -0.25) is 0 Å². The molecule has 0 rings (SSSR count). The van der Waals surface area contributed by atoms with Crippen molar-refractivity contribution in [3.63, 3.8) is 0 Å². The van der Waals surface area contributed by atoms with Crippen molar-refractivity contribution < 1.29 is 0 Å². The summed E-state index contributed by atoms with van der Waals surface area (Å²) in [5, 5.41) is 3.08. The van der Waals surface area contributed by atoms with Crippen LogP contribution in [0.1, 0.15) is 6.42 Å². The molecule has 0 spiro atoms. The van der Waals surface area contributed by atoms with Crippen molar-refractivity contribution in [3.05, 3.63) is 0 Å². The topological polar surface area (TPSA) is 12.0 Å². The van der Waals surface area contributed by atoms with Gasteiger partial charge in [-0.25, -0.2) is 0 Å². The molecule has 0 aromatic rings. The first-order valence-electron chi connectivity index (χ1n) is 2.21. The van der Waals surface area contributed by atoms with Crippen molar-refractivity contribution in [2.45, 2.75) is 10.9 Å².